The monoisotopic (exact) mass is 316 g/mol. The molecule has 1 aromatic rings. The number of halogens is 1. The lowest BCUT2D eigenvalue weighted by Gasteiger charge is -2.22. The summed E-state index contributed by atoms with van der Waals surface area (Å²) in [6, 6.07) is 10.3. The first-order valence-electron chi connectivity index (χ1n) is 6.87. The molecule has 0 radical (unpaired) electrons. The number of nitrogens with zero attached hydrogens (tertiary/aromatic N) is 1. The Morgan fingerprint density at radius 1 is 1.25 bits per heavy atom. The van der Waals surface area contributed by atoms with E-state index in [2.05, 4.69) is 19.1 Å². The van der Waals surface area contributed by atoms with Gasteiger partial charge >= 0.3 is 0 Å². The Balaban J connectivity index is 0.00000361. The third-order valence-corrected chi connectivity index (χ3v) is 3.99. The number of amides is 1. The average molecular weight is 317 g/mol. The lowest BCUT2D eigenvalue weighted by Crippen LogP contribution is -2.38. The quantitative estimate of drug-likeness (QED) is 0.712. The molecule has 0 fully saturated rings. The number of hydrogen-bond acceptors (Lipinski definition) is 3. The highest BCUT2D eigenvalue weighted by Crippen LogP contribution is 2.06. The summed E-state index contributed by atoms with van der Waals surface area (Å²) >= 11 is 1.71. The standard InChI is InChI=1S/C15H24N2OS.ClH/c1-2-12-19-13-15(18)17(11-9-16)10-8-14-6-4-3-5-7-14;/h3-7H,2,8-13,16H2,1H3;1H. The second-order valence-corrected chi connectivity index (χ2v) is 5.56. The summed E-state index contributed by atoms with van der Waals surface area (Å²) in [7, 11) is 0. The number of thioether (sulfide) groups is 1. The van der Waals surface area contributed by atoms with Gasteiger partial charge in [-0.2, -0.15) is 11.8 Å². The van der Waals surface area contributed by atoms with Gasteiger partial charge in [0.15, 0.2) is 0 Å². The van der Waals surface area contributed by atoms with E-state index in [0.717, 1.165) is 25.1 Å². The summed E-state index contributed by atoms with van der Waals surface area (Å²) in [6.45, 7) is 4.06. The van der Waals surface area contributed by atoms with E-state index >= 15 is 0 Å². The van der Waals surface area contributed by atoms with Crippen LogP contribution < -0.4 is 5.73 Å². The van der Waals surface area contributed by atoms with Crippen molar-refractivity contribution in [3.63, 3.8) is 0 Å². The van der Waals surface area contributed by atoms with E-state index in [0.29, 0.717) is 18.8 Å². The molecule has 0 unspecified atom stereocenters. The molecule has 1 aromatic carbocycles. The molecule has 1 amide bonds. The Labute approximate surface area is 132 Å². The third-order valence-electron chi connectivity index (χ3n) is 2.84. The number of hydrogen-bond donors (Lipinski definition) is 1. The van der Waals surface area contributed by atoms with Gasteiger partial charge in [-0.1, -0.05) is 37.3 Å². The predicted octanol–water partition coefficient (Wildman–Crippen LogP) is 2.58. The smallest absolute Gasteiger partial charge is 0.232 e. The molecule has 3 nitrogen and oxygen atoms in total. The summed E-state index contributed by atoms with van der Waals surface area (Å²) in [6.07, 6.45) is 2.00. The topological polar surface area (TPSA) is 46.3 Å². The minimum atomic E-state index is 0. The summed E-state index contributed by atoms with van der Waals surface area (Å²) < 4.78 is 0. The zero-order valence-corrected chi connectivity index (χ0v) is 13.7. The Morgan fingerprint density at radius 2 is 1.95 bits per heavy atom. The minimum absolute atomic E-state index is 0. The zero-order valence-electron chi connectivity index (χ0n) is 12.1. The first-order valence-corrected chi connectivity index (χ1v) is 8.03. The number of rotatable bonds is 9. The number of nitrogens with two attached hydrogens (primary N) is 1. The fourth-order valence-corrected chi connectivity index (χ4v) is 2.61. The van der Waals surface area contributed by atoms with E-state index in [1.807, 2.05) is 23.1 Å². The summed E-state index contributed by atoms with van der Waals surface area (Å²) in [5.41, 5.74) is 6.85. The predicted molar refractivity (Wildman–Crippen MR) is 90.6 cm³/mol. The van der Waals surface area contributed by atoms with Crippen LogP contribution in [0.5, 0.6) is 0 Å². The van der Waals surface area contributed by atoms with Crippen molar-refractivity contribution in [2.45, 2.75) is 19.8 Å². The van der Waals surface area contributed by atoms with Gasteiger partial charge in [0, 0.05) is 19.6 Å². The maximum atomic E-state index is 12.1. The van der Waals surface area contributed by atoms with Gasteiger partial charge in [0.1, 0.15) is 0 Å². The highest BCUT2D eigenvalue weighted by Gasteiger charge is 2.12. The first-order chi connectivity index (χ1) is 9.27. The average Bonchev–Trinajstić information content (AvgIpc) is 2.44. The van der Waals surface area contributed by atoms with Crippen LogP contribution in [-0.4, -0.2) is 41.9 Å². The van der Waals surface area contributed by atoms with E-state index in [1.54, 1.807) is 11.8 Å². The van der Waals surface area contributed by atoms with Crippen molar-refractivity contribution >= 4 is 30.1 Å². The Bertz CT molecular complexity index is 362. The van der Waals surface area contributed by atoms with Crippen molar-refractivity contribution in [3.05, 3.63) is 35.9 Å². The maximum Gasteiger partial charge on any atom is 0.232 e. The van der Waals surface area contributed by atoms with Crippen LogP contribution in [0.1, 0.15) is 18.9 Å². The molecule has 0 bridgehead atoms. The van der Waals surface area contributed by atoms with Gasteiger partial charge in [-0.25, -0.2) is 0 Å². The van der Waals surface area contributed by atoms with Crippen LogP contribution in [-0.2, 0) is 11.2 Å². The molecule has 0 saturated heterocycles. The molecule has 0 spiro atoms. The van der Waals surface area contributed by atoms with E-state index in [4.69, 9.17) is 5.73 Å². The van der Waals surface area contributed by atoms with E-state index in [1.165, 1.54) is 5.56 Å². The number of carbonyl (C=O) groups is 1. The van der Waals surface area contributed by atoms with E-state index < -0.39 is 0 Å². The molecule has 0 heterocycles. The maximum absolute atomic E-state index is 12.1. The van der Waals surface area contributed by atoms with E-state index in [9.17, 15) is 4.79 Å². The zero-order chi connectivity index (χ0) is 13.9. The van der Waals surface area contributed by atoms with Crippen LogP contribution >= 0.6 is 24.2 Å². The van der Waals surface area contributed by atoms with Gasteiger partial charge in [-0.05, 0) is 24.2 Å². The van der Waals surface area contributed by atoms with Crippen LogP contribution in [0.2, 0.25) is 0 Å². The molecule has 0 aromatic heterocycles. The lowest BCUT2D eigenvalue weighted by atomic mass is 10.1. The number of benzene rings is 1. The molecular formula is C15H25ClN2OS. The second-order valence-electron chi connectivity index (χ2n) is 4.46. The van der Waals surface area contributed by atoms with Gasteiger partial charge in [0.25, 0.3) is 0 Å². The third kappa shape index (κ3) is 7.78. The second kappa shape index (κ2) is 12.1. The highest BCUT2D eigenvalue weighted by molar-refractivity contribution is 7.99. The van der Waals surface area contributed by atoms with Crippen molar-refractivity contribution in [2.24, 2.45) is 5.73 Å². The van der Waals surface area contributed by atoms with Crippen molar-refractivity contribution < 1.29 is 4.79 Å². The Hall–Kier alpha value is -0.710. The Kier molecular flexibility index (Phi) is 11.6. The highest BCUT2D eigenvalue weighted by atomic mass is 35.5. The van der Waals surface area contributed by atoms with Crippen LogP contribution in [0, 0.1) is 0 Å². The molecule has 0 saturated carbocycles. The van der Waals surface area contributed by atoms with E-state index in [-0.39, 0.29) is 18.3 Å². The van der Waals surface area contributed by atoms with Crippen LogP contribution in [0.3, 0.4) is 0 Å². The first kappa shape index (κ1) is 19.3. The summed E-state index contributed by atoms with van der Waals surface area (Å²) in [5, 5.41) is 0. The molecule has 114 valence electrons. The molecular weight excluding hydrogens is 292 g/mol. The van der Waals surface area contributed by atoms with Crippen molar-refractivity contribution in [2.75, 3.05) is 31.1 Å². The van der Waals surface area contributed by atoms with Gasteiger partial charge in [0.05, 0.1) is 5.75 Å². The van der Waals surface area contributed by atoms with Gasteiger partial charge in [-0.15, -0.1) is 12.4 Å². The summed E-state index contributed by atoms with van der Waals surface area (Å²) in [5.74, 6) is 1.82. The molecule has 20 heavy (non-hydrogen) atoms. The fourth-order valence-electron chi connectivity index (χ4n) is 1.82. The number of carbonyl (C=O) groups excluding carboxylic acids is 1. The minimum Gasteiger partial charge on any atom is -0.340 e. The van der Waals surface area contributed by atoms with Crippen LogP contribution in [0.4, 0.5) is 0 Å². The van der Waals surface area contributed by atoms with Crippen LogP contribution in [0.25, 0.3) is 0 Å². The van der Waals surface area contributed by atoms with Crippen molar-refractivity contribution in [1.29, 1.82) is 0 Å². The van der Waals surface area contributed by atoms with Crippen molar-refractivity contribution in [1.82, 2.24) is 4.90 Å². The SMILES string of the molecule is CCCSCC(=O)N(CCN)CCc1ccccc1.Cl. The normalized spacial score (nSPS) is 9.90. The molecule has 5 heteroatoms. The summed E-state index contributed by atoms with van der Waals surface area (Å²) in [4.78, 5) is 14.0. The largest absolute Gasteiger partial charge is 0.340 e. The molecule has 0 atom stereocenters. The lowest BCUT2D eigenvalue weighted by molar-refractivity contribution is -0.128. The fraction of sp³-hybridized carbons (Fsp3) is 0.533. The molecule has 0 aliphatic heterocycles. The Morgan fingerprint density at radius 3 is 2.55 bits per heavy atom. The van der Waals surface area contributed by atoms with Gasteiger partial charge in [0.2, 0.25) is 5.91 Å². The molecule has 1 rings (SSSR count). The molecule has 2 N–H and O–H groups in total. The van der Waals surface area contributed by atoms with Crippen molar-refractivity contribution in [3.8, 4) is 0 Å². The molecule has 0 aliphatic carbocycles. The van der Waals surface area contributed by atoms with Crippen LogP contribution in [0.15, 0.2) is 30.3 Å². The van der Waals surface area contributed by atoms with Gasteiger partial charge < -0.3 is 10.6 Å². The van der Waals surface area contributed by atoms with Gasteiger partial charge in [-0.3, -0.25) is 4.79 Å². The molecule has 0 aliphatic rings.